The first-order valence-electron chi connectivity index (χ1n) is 7.15. The average molecular weight is 772 g/mol. The fraction of sp³-hybridized carbons (Fsp3) is 0.133. The Labute approximate surface area is 202 Å². The minimum Gasteiger partial charge on any atom is -0.542 e. The first-order chi connectivity index (χ1) is 13.4. The van der Waals surface area contributed by atoms with Crippen LogP contribution in [0.4, 0.5) is 22.0 Å². The summed E-state index contributed by atoms with van der Waals surface area (Å²) in [5.74, 6) is -13.2. The molecule has 158 valence electrons. The molecular formula is C15H6F5I3NO4S-. The maximum absolute atomic E-state index is 13.6. The third-order valence-corrected chi connectivity index (χ3v) is 8.29. The Morgan fingerprint density at radius 3 is 2.00 bits per heavy atom. The van der Waals surface area contributed by atoms with Crippen molar-refractivity contribution in [1.29, 1.82) is 0 Å². The van der Waals surface area contributed by atoms with Gasteiger partial charge in [0.05, 0.1) is 12.2 Å². The molecule has 0 saturated heterocycles. The molecule has 2 aromatic rings. The Morgan fingerprint density at radius 1 is 0.931 bits per heavy atom. The smallest absolute Gasteiger partial charge is 0.339 e. The third-order valence-electron chi connectivity index (χ3n) is 3.23. The minimum atomic E-state index is -5.23. The summed E-state index contributed by atoms with van der Waals surface area (Å²) in [5, 5.41) is 0. The predicted octanol–water partition coefficient (Wildman–Crippen LogP) is 5.12. The molecule has 14 heteroatoms. The summed E-state index contributed by atoms with van der Waals surface area (Å²) in [4.78, 5) is 10.0. The fourth-order valence-corrected chi connectivity index (χ4v) is 5.41. The van der Waals surface area contributed by atoms with Crippen LogP contribution < -0.4 is 0 Å². The van der Waals surface area contributed by atoms with Gasteiger partial charge >= 0.3 is 5.97 Å². The Morgan fingerprint density at radius 2 is 1.45 bits per heavy atom. The fourth-order valence-electron chi connectivity index (χ4n) is 1.95. The van der Waals surface area contributed by atoms with Crippen molar-refractivity contribution in [3.63, 3.8) is 0 Å². The summed E-state index contributed by atoms with van der Waals surface area (Å²) >= 11 is 5.91. The van der Waals surface area contributed by atoms with Gasteiger partial charge in [-0.05, 0) is 79.9 Å². The SMILES string of the molecule is O=C(OCC[N-]S(=O)(=O)c1c(F)c(F)c(F)c(F)c1F)c1cc(I)cc(I)c1I. The van der Waals surface area contributed by atoms with E-state index in [-0.39, 0.29) is 5.56 Å². The Hall–Kier alpha value is -0.340. The van der Waals surface area contributed by atoms with Crippen molar-refractivity contribution < 1.29 is 39.9 Å². The van der Waals surface area contributed by atoms with Gasteiger partial charge in [0.2, 0.25) is 5.82 Å². The van der Waals surface area contributed by atoms with Gasteiger partial charge in [-0.25, -0.2) is 35.2 Å². The van der Waals surface area contributed by atoms with Crippen LogP contribution >= 0.6 is 67.8 Å². The van der Waals surface area contributed by atoms with Crippen molar-refractivity contribution in [2.75, 3.05) is 13.2 Å². The third kappa shape index (κ3) is 5.48. The monoisotopic (exact) mass is 772 g/mol. The average Bonchev–Trinajstić information content (AvgIpc) is 2.64. The molecule has 0 unspecified atom stereocenters. The lowest BCUT2D eigenvalue weighted by molar-refractivity contribution is 0.0521. The molecule has 0 radical (unpaired) electrons. The van der Waals surface area contributed by atoms with Crippen LogP contribution in [-0.2, 0) is 14.8 Å². The molecule has 0 heterocycles. The molecule has 0 aliphatic rings. The van der Waals surface area contributed by atoms with Crippen LogP contribution in [0, 0.1) is 39.8 Å². The zero-order valence-electron chi connectivity index (χ0n) is 13.6. The zero-order valence-corrected chi connectivity index (χ0v) is 20.9. The van der Waals surface area contributed by atoms with Gasteiger partial charge in [0.25, 0.3) is 0 Å². The second kappa shape index (κ2) is 9.86. The molecule has 2 rings (SSSR count). The summed E-state index contributed by atoms with van der Waals surface area (Å²) in [5.41, 5.74) is 0.213. The number of sulfonamides is 1. The van der Waals surface area contributed by atoms with Crippen molar-refractivity contribution in [1.82, 2.24) is 0 Å². The van der Waals surface area contributed by atoms with Crippen LogP contribution in [0.1, 0.15) is 10.4 Å². The van der Waals surface area contributed by atoms with Crippen LogP contribution in [0.25, 0.3) is 4.72 Å². The molecule has 0 amide bonds. The first kappa shape index (κ1) is 24.9. The van der Waals surface area contributed by atoms with Gasteiger partial charge in [0.1, 0.15) is 14.9 Å². The number of benzene rings is 2. The van der Waals surface area contributed by atoms with Crippen LogP contribution in [-0.4, -0.2) is 27.5 Å². The second-order valence-corrected chi connectivity index (χ2v) is 10.2. The van der Waals surface area contributed by atoms with Crippen molar-refractivity contribution in [2.24, 2.45) is 0 Å². The van der Waals surface area contributed by atoms with E-state index < -0.39 is 63.1 Å². The quantitative estimate of drug-likeness (QED) is 0.102. The van der Waals surface area contributed by atoms with E-state index >= 15 is 0 Å². The molecule has 0 spiro atoms. The van der Waals surface area contributed by atoms with E-state index in [9.17, 15) is 35.2 Å². The molecule has 5 nitrogen and oxygen atoms in total. The lowest BCUT2D eigenvalue weighted by atomic mass is 10.2. The number of halogens is 8. The number of nitrogens with zero attached hydrogens (tertiary/aromatic N) is 1. The van der Waals surface area contributed by atoms with Gasteiger partial charge in [-0.2, -0.15) is 0 Å². The lowest BCUT2D eigenvalue weighted by Gasteiger charge is -2.21. The van der Waals surface area contributed by atoms with Gasteiger partial charge in [0, 0.05) is 10.7 Å². The standard InChI is InChI=1S/C15H6F5I3NO4S/c16-8-9(17)11(19)14(12(20)10(8)18)29(26,27)24-1-2-28-15(25)6-3-5(21)4-7(22)13(6)23/h3-4H,1-2H2/q-1. The molecule has 0 N–H and O–H groups in total. The normalized spacial score (nSPS) is 11.6. The molecule has 0 aliphatic carbocycles. The van der Waals surface area contributed by atoms with E-state index in [4.69, 9.17) is 4.74 Å². The maximum Gasteiger partial charge on any atom is 0.339 e. The Balaban J connectivity index is 2.11. The number of carbonyl (C=O) groups excluding carboxylic acids is 1. The Bertz CT molecular complexity index is 1070. The molecule has 0 aromatic heterocycles. The van der Waals surface area contributed by atoms with E-state index in [0.717, 1.165) is 7.14 Å². The van der Waals surface area contributed by atoms with Gasteiger partial charge in [-0.15, -0.1) is 6.54 Å². The van der Waals surface area contributed by atoms with E-state index in [1.54, 1.807) is 0 Å². The maximum atomic E-state index is 13.6. The van der Waals surface area contributed by atoms with Crippen LogP contribution in [0.3, 0.4) is 0 Å². The molecule has 0 fully saturated rings. The minimum absolute atomic E-state index is 0.213. The molecule has 0 aliphatic heterocycles. The molecule has 0 atom stereocenters. The molecule has 0 saturated carbocycles. The molecule has 29 heavy (non-hydrogen) atoms. The molecule has 2 aromatic carbocycles. The highest BCUT2D eigenvalue weighted by molar-refractivity contribution is 14.1. The zero-order chi connectivity index (χ0) is 22.1. The summed E-state index contributed by atoms with van der Waals surface area (Å²) < 4.78 is 100. The summed E-state index contributed by atoms with van der Waals surface area (Å²) in [7, 11) is -5.23. The van der Waals surface area contributed by atoms with Crippen molar-refractivity contribution in [2.45, 2.75) is 4.90 Å². The highest BCUT2D eigenvalue weighted by Gasteiger charge is 2.29. The Kier molecular flexibility index (Phi) is 8.47. The topological polar surface area (TPSA) is 74.5 Å². The number of hydrogen-bond acceptors (Lipinski definition) is 4. The predicted molar refractivity (Wildman–Crippen MR) is 117 cm³/mol. The lowest BCUT2D eigenvalue weighted by Crippen LogP contribution is -2.15. The van der Waals surface area contributed by atoms with E-state index in [2.05, 4.69) is 4.72 Å². The van der Waals surface area contributed by atoms with Gasteiger partial charge in [0.15, 0.2) is 23.3 Å². The van der Waals surface area contributed by atoms with Crippen LogP contribution in [0.2, 0.25) is 0 Å². The highest BCUT2D eigenvalue weighted by Crippen LogP contribution is 2.29. The van der Waals surface area contributed by atoms with Crippen LogP contribution in [0.5, 0.6) is 0 Å². The van der Waals surface area contributed by atoms with Crippen LogP contribution in [0.15, 0.2) is 17.0 Å². The number of carbonyl (C=O) groups is 1. The van der Waals surface area contributed by atoms with Gasteiger partial charge < -0.3 is 9.46 Å². The highest BCUT2D eigenvalue weighted by atomic mass is 127. The van der Waals surface area contributed by atoms with Crippen molar-refractivity contribution in [3.05, 3.63) is 62.2 Å². The number of rotatable bonds is 6. The number of ether oxygens (including phenoxy) is 1. The van der Waals surface area contributed by atoms with E-state index in [0.29, 0.717) is 3.57 Å². The summed E-state index contributed by atoms with van der Waals surface area (Å²) in [6.07, 6.45) is 0. The number of hydrogen-bond donors (Lipinski definition) is 0. The van der Waals surface area contributed by atoms with E-state index in [1.165, 1.54) is 6.07 Å². The molecule has 0 bridgehead atoms. The van der Waals surface area contributed by atoms with Crippen molar-refractivity contribution in [3.8, 4) is 0 Å². The van der Waals surface area contributed by atoms with Gasteiger partial charge in [-0.1, -0.05) is 0 Å². The summed E-state index contributed by atoms with van der Waals surface area (Å²) in [6.45, 7) is -1.39. The summed E-state index contributed by atoms with van der Waals surface area (Å²) in [6, 6.07) is 3.35. The van der Waals surface area contributed by atoms with E-state index in [1.807, 2.05) is 73.8 Å². The molecular weight excluding hydrogens is 766 g/mol. The largest absolute Gasteiger partial charge is 0.542 e. The second-order valence-electron chi connectivity index (χ2n) is 5.11. The van der Waals surface area contributed by atoms with Gasteiger partial charge in [-0.3, -0.25) is 0 Å². The number of esters is 1. The van der Waals surface area contributed by atoms with Crippen molar-refractivity contribution >= 4 is 83.8 Å². The first-order valence-corrected chi connectivity index (χ1v) is 11.8.